The number of halogens is 3. The van der Waals surface area contributed by atoms with Gasteiger partial charge in [0.15, 0.2) is 0 Å². The van der Waals surface area contributed by atoms with Crippen LogP contribution in [0.15, 0.2) is 24.3 Å². The van der Waals surface area contributed by atoms with Crippen LogP contribution in [-0.2, 0) is 30.3 Å². The minimum absolute atomic E-state index is 0.107. The largest absolute Gasteiger partial charge is 0.421 e. The van der Waals surface area contributed by atoms with Crippen LogP contribution in [0.1, 0.15) is 31.2 Å². The number of likely N-dealkylation sites (tertiary alicyclic amines) is 1. The zero-order valence-corrected chi connectivity index (χ0v) is 16.8. The number of rotatable bonds is 5. The second-order valence-electron chi connectivity index (χ2n) is 8.25. The summed E-state index contributed by atoms with van der Waals surface area (Å²) < 4.78 is 47.9. The number of hydrogen-bond acceptors (Lipinski definition) is 6. The highest BCUT2D eigenvalue weighted by molar-refractivity contribution is 6.32. The van der Waals surface area contributed by atoms with Gasteiger partial charge >= 0.3 is 29.8 Å². The number of para-hydroxylation sites is 1. The van der Waals surface area contributed by atoms with E-state index in [9.17, 15) is 27.6 Å². The summed E-state index contributed by atoms with van der Waals surface area (Å²) in [5, 5.41) is 0. The Morgan fingerprint density at radius 3 is 2.48 bits per heavy atom. The molecule has 1 spiro atoms. The summed E-state index contributed by atoms with van der Waals surface area (Å²) in [6.07, 6.45) is -3.26. The smallest absolute Gasteiger partial charge is 0.405 e. The number of esters is 2. The van der Waals surface area contributed by atoms with Gasteiger partial charge in [0.2, 0.25) is 0 Å². The Hall–Kier alpha value is -2.62. The summed E-state index contributed by atoms with van der Waals surface area (Å²) in [5.41, 5.74) is 1.47. The van der Waals surface area contributed by atoms with Crippen LogP contribution in [-0.4, -0.2) is 60.9 Å². The Morgan fingerprint density at radius 2 is 1.77 bits per heavy atom. The van der Waals surface area contributed by atoms with Crippen LogP contribution in [0.5, 0.6) is 0 Å². The molecule has 1 aromatic carbocycles. The van der Waals surface area contributed by atoms with E-state index < -0.39 is 36.2 Å². The van der Waals surface area contributed by atoms with Gasteiger partial charge in [0.1, 0.15) is 0 Å². The van der Waals surface area contributed by atoms with E-state index in [0.29, 0.717) is 51.1 Å². The van der Waals surface area contributed by atoms with Gasteiger partial charge in [0.25, 0.3) is 0 Å². The molecule has 10 heteroatoms. The summed E-state index contributed by atoms with van der Waals surface area (Å²) in [6.45, 7) is 1.96. The normalized spacial score (nSPS) is 24.0. The molecule has 3 aliphatic rings. The zero-order chi connectivity index (χ0) is 22.2. The highest BCUT2D eigenvalue weighted by atomic mass is 19.4. The van der Waals surface area contributed by atoms with Crippen molar-refractivity contribution in [2.75, 3.05) is 31.1 Å². The van der Waals surface area contributed by atoms with Gasteiger partial charge in [-0.25, -0.2) is 9.59 Å². The van der Waals surface area contributed by atoms with Crippen molar-refractivity contribution >= 4 is 23.5 Å². The van der Waals surface area contributed by atoms with Gasteiger partial charge < -0.3 is 19.3 Å². The monoisotopic (exact) mass is 440 g/mol. The second kappa shape index (κ2) is 8.14. The molecule has 31 heavy (non-hydrogen) atoms. The Kier molecular flexibility index (Phi) is 5.67. The Bertz CT molecular complexity index is 872. The molecular weight excluding hydrogens is 417 g/mol. The first kappa shape index (κ1) is 21.6. The third-order valence-corrected chi connectivity index (χ3v) is 6.01. The molecule has 7 nitrogen and oxygen atoms in total. The summed E-state index contributed by atoms with van der Waals surface area (Å²) >= 11 is 0. The molecule has 0 N–H and O–H groups in total. The van der Waals surface area contributed by atoms with Crippen LogP contribution in [0, 0.1) is 5.92 Å². The molecule has 3 saturated heterocycles. The molecule has 3 aliphatic heterocycles. The van der Waals surface area contributed by atoms with E-state index in [0.717, 1.165) is 5.56 Å². The number of anilines is 1. The molecule has 1 amide bonds. The van der Waals surface area contributed by atoms with Crippen LogP contribution in [0.25, 0.3) is 0 Å². The fraction of sp³-hybridized carbons (Fsp3) is 0.571. The Balaban J connectivity index is 1.44. The number of amides is 1. The topological polar surface area (TPSA) is 76.2 Å². The van der Waals surface area contributed by atoms with Gasteiger partial charge in [-0.2, -0.15) is 13.2 Å². The average Bonchev–Trinajstić information content (AvgIpc) is 3.25. The summed E-state index contributed by atoms with van der Waals surface area (Å²) in [6, 6.07) is 7.23. The molecule has 0 aliphatic carbocycles. The Labute approximate surface area is 177 Å². The maximum Gasteiger partial charge on any atom is 0.421 e. The summed E-state index contributed by atoms with van der Waals surface area (Å²) in [7, 11) is 0. The molecule has 0 radical (unpaired) electrons. The van der Waals surface area contributed by atoms with Gasteiger partial charge in [0, 0.05) is 38.2 Å². The molecule has 0 aromatic heterocycles. The third kappa shape index (κ3) is 4.53. The lowest BCUT2D eigenvalue weighted by Gasteiger charge is -2.36. The number of piperidine rings is 1. The van der Waals surface area contributed by atoms with Crippen molar-refractivity contribution < 1.29 is 37.0 Å². The maximum absolute atomic E-state index is 13.1. The quantitative estimate of drug-likeness (QED) is 0.517. The average molecular weight is 440 g/mol. The molecule has 3 heterocycles. The first-order valence-electron chi connectivity index (χ1n) is 10.3. The van der Waals surface area contributed by atoms with Crippen LogP contribution < -0.4 is 4.90 Å². The predicted octanol–water partition coefficient (Wildman–Crippen LogP) is 2.43. The molecule has 4 rings (SSSR count). The lowest BCUT2D eigenvalue weighted by atomic mass is 10.00. The number of alkyl halides is 3. The molecule has 1 aromatic rings. The van der Waals surface area contributed by atoms with Crippen molar-refractivity contribution in [1.82, 2.24) is 4.90 Å². The van der Waals surface area contributed by atoms with E-state index in [4.69, 9.17) is 9.47 Å². The number of benzene rings is 1. The minimum atomic E-state index is -4.15. The fourth-order valence-corrected chi connectivity index (χ4v) is 4.58. The fourth-order valence-electron chi connectivity index (χ4n) is 4.58. The van der Waals surface area contributed by atoms with Crippen molar-refractivity contribution in [1.29, 1.82) is 0 Å². The van der Waals surface area contributed by atoms with E-state index in [2.05, 4.69) is 0 Å². The number of carbonyl (C=O) groups excluding carboxylic acids is 3. The molecule has 0 saturated carbocycles. The standard InChI is InChI=1S/C21H23F3N2O5/c22-21(23,24)12-14-6-10-25(13-14)11-7-15-4-1-2-5-16(15)26-9-3-8-20(19(26)29)30-17(27)18(28)31-20/h1-2,4-5,14H,3,6-13H2/t14-/m1/s1. The van der Waals surface area contributed by atoms with Gasteiger partial charge in [-0.1, -0.05) is 18.2 Å². The van der Waals surface area contributed by atoms with E-state index >= 15 is 0 Å². The van der Waals surface area contributed by atoms with Gasteiger partial charge in [-0.05, 0) is 43.4 Å². The summed E-state index contributed by atoms with van der Waals surface area (Å²) in [4.78, 5) is 39.6. The van der Waals surface area contributed by atoms with E-state index in [-0.39, 0.29) is 12.3 Å². The van der Waals surface area contributed by atoms with E-state index in [1.165, 1.54) is 4.90 Å². The predicted molar refractivity (Wildman–Crippen MR) is 102 cm³/mol. The molecule has 0 bridgehead atoms. The zero-order valence-electron chi connectivity index (χ0n) is 16.8. The van der Waals surface area contributed by atoms with Gasteiger partial charge in [-0.15, -0.1) is 0 Å². The van der Waals surface area contributed by atoms with Crippen molar-refractivity contribution in [2.45, 2.75) is 44.1 Å². The van der Waals surface area contributed by atoms with Gasteiger partial charge in [0.05, 0.1) is 0 Å². The molecule has 0 unspecified atom stereocenters. The van der Waals surface area contributed by atoms with Crippen LogP contribution in [0.3, 0.4) is 0 Å². The van der Waals surface area contributed by atoms with Crippen LogP contribution in [0.4, 0.5) is 18.9 Å². The third-order valence-electron chi connectivity index (χ3n) is 6.01. The van der Waals surface area contributed by atoms with Crippen molar-refractivity contribution in [3.05, 3.63) is 29.8 Å². The van der Waals surface area contributed by atoms with E-state index in [1.54, 1.807) is 12.1 Å². The number of carbonyl (C=O) groups is 3. The van der Waals surface area contributed by atoms with Gasteiger partial charge in [-0.3, -0.25) is 4.79 Å². The molecular formula is C21H23F3N2O5. The number of ether oxygens (including phenoxy) is 2. The SMILES string of the molecule is O=C1OC2(CCCN(c3ccccc3CCN3CC[C@H](CC(F)(F)F)C3)C2=O)OC1=O. The van der Waals surface area contributed by atoms with Crippen LogP contribution in [0.2, 0.25) is 0 Å². The molecule has 3 fully saturated rings. The Morgan fingerprint density at radius 1 is 1.06 bits per heavy atom. The van der Waals surface area contributed by atoms with Crippen molar-refractivity contribution in [2.24, 2.45) is 5.92 Å². The molecule has 1 atom stereocenters. The summed E-state index contributed by atoms with van der Waals surface area (Å²) in [5.74, 6) is -5.24. The van der Waals surface area contributed by atoms with E-state index in [1.807, 2.05) is 17.0 Å². The first-order chi connectivity index (χ1) is 14.7. The lowest BCUT2D eigenvalue weighted by molar-refractivity contribution is -0.192. The second-order valence-corrected chi connectivity index (χ2v) is 8.25. The molecule has 168 valence electrons. The lowest BCUT2D eigenvalue weighted by Crippen LogP contribution is -2.55. The highest BCUT2D eigenvalue weighted by Crippen LogP contribution is 2.36. The number of nitrogens with zero attached hydrogens (tertiary/aromatic N) is 2. The highest BCUT2D eigenvalue weighted by Gasteiger charge is 2.58. The maximum atomic E-state index is 13.1. The number of hydrogen-bond donors (Lipinski definition) is 0. The first-order valence-corrected chi connectivity index (χ1v) is 10.3. The minimum Gasteiger partial charge on any atom is -0.405 e. The van der Waals surface area contributed by atoms with Crippen LogP contribution >= 0.6 is 0 Å². The van der Waals surface area contributed by atoms with Crippen molar-refractivity contribution in [3.63, 3.8) is 0 Å². The van der Waals surface area contributed by atoms with Crippen molar-refractivity contribution in [3.8, 4) is 0 Å².